The van der Waals surface area contributed by atoms with E-state index in [4.69, 9.17) is 39.1 Å². The second-order valence-electron chi connectivity index (χ2n) is 13.8. The zero-order valence-electron chi connectivity index (χ0n) is 31.4. The molecule has 0 atom stereocenters. The van der Waals surface area contributed by atoms with E-state index in [1.54, 1.807) is 14.2 Å². The van der Waals surface area contributed by atoms with E-state index in [0.29, 0.717) is 38.2 Å². The predicted octanol–water partition coefficient (Wildman–Crippen LogP) is 5.23. The molecule has 0 amide bonds. The Kier molecular flexibility index (Phi) is 10.7. The number of hydrogen-bond donors (Lipinski definition) is 0. The summed E-state index contributed by atoms with van der Waals surface area (Å²) in [5.41, 5.74) is 6.11. The molecule has 0 spiro atoms. The smallest absolute Gasteiger partial charge is 0.228 e. The van der Waals surface area contributed by atoms with Gasteiger partial charge in [-0.3, -0.25) is 0 Å². The van der Waals surface area contributed by atoms with Crippen LogP contribution in [0, 0.1) is 0 Å². The maximum absolute atomic E-state index is 5.68. The van der Waals surface area contributed by atoms with Crippen LogP contribution < -0.4 is 29.1 Å². The van der Waals surface area contributed by atoms with Gasteiger partial charge in [0.2, 0.25) is 11.9 Å². The van der Waals surface area contributed by atoms with E-state index in [1.165, 1.54) is 0 Å². The van der Waals surface area contributed by atoms with Crippen molar-refractivity contribution >= 4 is 29.2 Å². The average Bonchev–Trinajstić information content (AvgIpc) is 3.68. The van der Waals surface area contributed by atoms with Crippen molar-refractivity contribution in [1.82, 2.24) is 29.8 Å². The highest BCUT2D eigenvalue weighted by Gasteiger charge is 2.30. The first-order chi connectivity index (χ1) is 26.6. The number of methoxy groups -OCH3 is 2. The van der Waals surface area contributed by atoms with Crippen LogP contribution in [0.1, 0.15) is 23.6 Å². The highest BCUT2D eigenvalue weighted by molar-refractivity contribution is 5.77. The van der Waals surface area contributed by atoms with Gasteiger partial charge in [-0.2, -0.15) is 4.98 Å². The van der Waals surface area contributed by atoms with E-state index in [0.717, 1.165) is 116 Å². The number of piperazine rings is 1. The molecule has 280 valence electrons. The Morgan fingerprint density at radius 1 is 0.685 bits per heavy atom. The molecule has 2 aromatic carbocycles. The number of hydrogen-bond acceptors (Lipinski definition) is 13. The zero-order valence-corrected chi connectivity index (χ0v) is 31.4. The number of benzene rings is 2. The summed E-state index contributed by atoms with van der Waals surface area (Å²) in [5, 5.41) is 0. The molecule has 2 saturated heterocycles. The summed E-state index contributed by atoms with van der Waals surface area (Å²) in [7, 11) is 3.36. The van der Waals surface area contributed by atoms with Gasteiger partial charge in [-0.1, -0.05) is 31.2 Å². The topological polar surface area (TPSA) is 108 Å². The number of pyridine rings is 1. The minimum atomic E-state index is 0.621. The molecule has 0 aliphatic carbocycles. The Balaban J connectivity index is 1.09. The quantitative estimate of drug-likeness (QED) is 0.168. The van der Waals surface area contributed by atoms with Crippen molar-refractivity contribution in [3.63, 3.8) is 0 Å². The fourth-order valence-corrected chi connectivity index (χ4v) is 7.36. The maximum Gasteiger partial charge on any atom is 0.228 e. The van der Waals surface area contributed by atoms with Gasteiger partial charge < -0.3 is 38.7 Å². The normalized spacial score (nSPS) is 16.0. The van der Waals surface area contributed by atoms with Gasteiger partial charge in [-0.25, -0.2) is 19.9 Å². The number of rotatable bonds is 12. The molecule has 0 N–H and O–H groups in total. The Hall–Kier alpha value is -5.53. The first-order valence-electron chi connectivity index (χ1n) is 18.9. The Bertz CT molecular complexity index is 1930. The van der Waals surface area contributed by atoms with Crippen molar-refractivity contribution in [2.75, 3.05) is 99.4 Å². The molecule has 0 saturated carbocycles. The van der Waals surface area contributed by atoms with Crippen LogP contribution in [0.15, 0.2) is 79.3 Å². The van der Waals surface area contributed by atoms with Gasteiger partial charge in [0, 0.05) is 82.4 Å². The van der Waals surface area contributed by atoms with Crippen molar-refractivity contribution in [2.24, 2.45) is 0 Å². The van der Waals surface area contributed by atoms with Crippen molar-refractivity contribution < 1.29 is 14.2 Å². The summed E-state index contributed by atoms with van der Waals surface area (Å²) >= 11 is 0. The van der Waals surface area contributed by atoms with Crippen LogP contribution in [0.4, 0.5) is 29.2 Å². The van der Waals surface area contributed by atoms with Crippen LogP contribution >= 0.6 is 0 Å². The molecule has 3 aliphatic rings. The number of anilines is 5. The largest absolute Gasteiger partial charge is 0.497 e. The monoisotopic (exact) mass is 728 g/mol. The average molecular weight is 729 g/mol. The lowest BCUT2D eigenvalue weighted by atomic mass is 10.1. The second kappa shape index (κ2) is 16.2. The highest BCUT2D eigenvalue weighted by atomic mass is 16.5. The van der Waals surface area contributed by atoms with Crippen LogP contribution in [0.3, 0.4) is 0 Å². The van der Waals surface area contributed by atoms with Gasteiger partial charge in [-0.05, 0) is 60.5 Å². The summed E-state index contributed by atoms with van der Waals surface area (Å²) in [6.07, 6.45) is 6.60. The van der Waals surface area contributed by atoms with Crippen LogP contribution in [-0.2, 0) is 24.2 Å². The summed E-state index contributed by atoms with van der Waals surface area (Å²) in [6, 6.07) is 20.6. The lowest BCUT2D eigenvalue weighted by Gasteiger charge is -2.34. The minimum absolute atomic E-state index is 0.621. The van der Waals surface area contributed by atoms with Gasteiger partial charge in [-0.15, -0.1) is 0 Å². The number of nitrogens with zero attached hydrogens (tertiary/aromatic N) is 10. The van der Waals surface area contributed by atoms with E-state index in [9.17, 15) is 0 Å². The molecular formula is C41H48N10O3. The van der Waals surface area contributed by atoms with Crippen LogP contribution in [-0.4, -0.2) is 110 Å². The van der Waals surface area contributed by atoms with E-state index >= 15 is 0 Å². The SMILES string of the molecule is CCN1CCN(c2ccc(N3CCc4c(-c5cnc(N(Cc6ccc(OC)cc6)Cc6ccc(OC)cc6)nc5)nc(N5CCOCC5)nc43)cn2)CC1. The Labute approximate surface area is 317 Å². The Morgan fingerprint density at radius 2 is 1.33 bits per heavy atom. The molecule has 8 rings (SSSR count). The fourth-order valence-electron chi connectivity index (χ4n) is 7.36. The molecule has 6 heterocycles. The number of fused-ring (bicyclic) bond motifs is 1. The van der Waals surface area contributed by atoms with Crippen LogP contribution in [0.5, 0.6) is 11.5 Å². The van der Waals surface area contributed by atoms with Crippen molar-refractivity contribution in [3.05, 3.63) is 95.9 Å². The lowest BCUT2D eigenvalue weighted by molar-refractivity contribution is 0.122. The van der Waals surface area contributed by atoms with E-state index in [1.807, 2.05) is 42.9 Å². The first-order valence-corrected chi connectivity index (χ1v) is 18.9. The molecule has 0 radical (unpaired) electrons. The van der Waals surface area contributed by atoms with Crippen LogP contribution in [0.25, 0.3) is 11.3 Å². The minimum Gasteiger partial charge on any atom is -0.497 e. The Morgan fingerprint density at radius 3 is 1.91 bits per heavy atom. The van der Waals surface area contributed by atoms with Gasteiger partial charge in [0.15, 0.2) is 0 Å². The highest BCUT2D eigenvalue weighted by Crippen LogP contribution is 2.39. The fraction of sp³-hybridized carbons (Fsp3) is 0.390. The zero-order chi connectivity index (χ0) is 36.9. The molecule has 5 aromatic rings. The maximum atomic E-state index is 5.68. The number of morpholine rings is 1. The van der Waals surface area contributed by atoms with Gasteiger partial charge in [0.1, 0.15) is 23.1 Å². The molecule has 3 aromatic heterocycles. The van der Waals surface area contributed by atoms with Gasteiger partial charge in [0.05, 0.1) is 45.0 Å². The lowest BCUT2D eigenvalue weighted by Crippen LogP contribution is -2.46. The molecule has 3 aliphatic heterocycles. The van der Waals surface area contributed by atoms with Gasteiger partial charge >= 0.3 is 0 Å². The molecule has 13 nitrogen and oxygen atoms in total. The number of likely N-dealkylation sites (N-methyl/N-ethyl adjacent to an activating group) is 1. The molecule has 0 bridgehead atoms. The summed E-state index contributed by atoms with van der Waals surface area (Å²) < 4.78 is 16.5. The van der Waals surface area contributed by atoms with E-state index in [2.05, 4.69) is 67.8 Å². The number of ether oxygens (including phenoxy) is 3. The number of aromatic nitrogens is 5. The van der Waals surface area contributed by atoms with E-state index < -0.39 is 0 Å². The standard InChI is InChI=1S/C41H48N10O3/c1-4-47-17-19-48(20-18-47)37-14-9-33(27-42-37)51-16-15-36-38(45-41(46-39(36)51)49-21-23-54-24-22-49)32-25-43-40(44-26-32)50(28-30-5-10-34(52-2)11-6-30)29-31-7-12-35(53-3)13-8-31/h5-14,25-27H,4,15-24,28-29H2,1-3H3. The predicted molar refractivity (Wildman–Crippen MR) is 211 cm³/mol. The summed E-state index contributed by atoms with van der Waals surface area (Å²) in [6.45, 7) is 12.2. The molecule has 0 unspecified atom stereocenters. The molecule has 13 heteroatoms. The van der Waals surface area contributed by atoms with E-state index in [-0.39, 0.29) is 0 Å². The summed E-state index contributed by atoms with van der Waals surface area (Å²) in [5.74, 6) is 4.91. The van der Waals surface area contributed by atoms with Gasteiger partial charge in [0.25, 0.3) is 0 Å². The third-order valence-electron chi connectivity index (χ3n) is 10.6. The van der Waals surface area contributed by atoms with Crippen molar-refractivity contribution in [3.8, 4) is 22.8 Å². The molecule has 2 fully saturated rings. The third-order valence-corrected chi connectivity index (χ3v) is 10.6. The van der Waals surface area contributed by atoms with Crippen molar-refractivity contribution in [2.45, 2.75) is 26.4 Å². The summed E-state index contributed by atoms with van der Waals surface area (Å²) in [4.78, 5) is 36.8. The third kappa shape index (κ3) is 7.73. The van der Waals surface area contributed by atoms with Crippen LogP contribution in [0.2, 0.25) is 0 Å². The molecule has 54 heavy (non-hydrogen) atoms. The molecular weight excluding hydrogens is 681 g/mol. The van der Waals surface area contributed by atoms with Crippen molar-refractivity contribution in [1.29, 1.82) is 0 Å². The first kappa shape index (κ1) is 35.5. The second-order valence-corrected chi connectivity index (χ2v) is 13.8.